The van der Waals surface area contributed by atoms with Crippen LogP contribution in [0.3, 0.4) is 0 Å². The van der Waals surface area contributed by atoms with Crippen LogP contribution in [0.5, 0.6) is 0 Å². The second-order valence-electron chi connectivity index (χ2n) is 5.61. The summed E-state index contributed by atoms with van der Waals surface area (Å²) in [6, 6.07) is 8.11. The average molecular weight is 329 g/mol. The summed E-state index contributed by atoms with van der Waals surface area (Å²) in [5.74, 6) is 1.76. The highest BCUT2D eigenvalue weighted by atomic mass is 32.2. The minimum atomic E-state index is 0.776. The maximum atomic E-state index is 5.39. The molecule has 3 aromatic rings. The second kappa shape index (κ2) is 6.43. The summed E-state index contributed by atoms with van der Waals surface area (Å²) in [7, 11) is 0. The molecule has 23 heavy (non-hydrogen) atoms. The van der Waals surface area contributed by atoms with Crippen LogP contribution in [0.2, 0.25) is 0 Å². The zero-order valence-electron chi connectivity index (χ0n) is 13.1. The predicted octanol–water partition coefficient (Wildman–Crippen LogP) is 2.01. The van der Waals surface area contributed by atoms with Crippen LogP contribution in [0.1, 0.15) is 5.82 Å². The summed E-state index contributed by atoms with van der Waals surface area (Å²) < 4.78 is 7.27. The molecule has 4 rings (SSSR count). The number of morpholine rings is 1. The zero-order valence-corrected chi connectivity index (χ0v) is 13.9. The Morgan fingerprint density at radius 1 is 1.17 bits per heavy atom. The molecule has 1 aromatic carbocycles. The molecule has 2 aromatic heterocycles. The van der Waals surface area contributed by atoms with Gasteiger partial charge in [-0.3, -0.25) is 4.90 Å². The molecular weight excluding hydrogens is 310 g/mol. The first-order valence-corrected chi connectivity index (χ1v) is 8.85. The van der Waals surface area contributed by atoms with Crippen molar-refractivity contribution in [2.45, 2.75) is 12.1 Å². The fourth-order valence-corrected chi connectivity index (χ4v) is 3.76. The molecule has 0 amide bonds. The molecule has 0 saturated carbocycles. The lowest BCUT2D eigenvalue weighted by Gasteiger charge is -2.26. The van der Waals surface area contributed by atoms with Crippen LogP contribution < -0.4 is 0 Å². The van der Waals surface area contributed by atoms with Crippen molar-refractivity contribution in [1.82, 2.24) is 24.5 Å². The van der Waals surface area contributed by atoms with Crippen molar-refractivity contribution in [3.63, 3.8) is 0 Å². The standard InChI is InChI=1S/C16H19N5OS/c1-12-17-15-13-4-2-3-5-14(13)18-16(21(15)19-12)23-11-8-20-6-9-22-10-7-20/h2-5H,6-11H2,1H3. The van der Waals surface area contributed by atoms with Crippen LogP contribution in [-0.4, -0.2) is 63.1 Å². The van der Waals surface area contributed by atoms with E-state index >= 15 is 0 Å². The number of benzene rings is 1. The minimum absolute atomic E-state index is 0.776. The van der Waals surface area contributed by atoms with Crippen molar-refractivity contribution < 1.29 is 4.74 Å². The molecule has 120 valence electrons. The van der Waals surface area contributed by atoms with Gasteiger partial charge in [0, 0.05) is 30.8 Å². The van der Waals surface area contributed by atoms with E-state index in [0.717, 1.165) is 66.1 Å². The topological polar surface area (TPSA) is 55.5 Å². The Labute approximate surface area is 138 Å². The summed E-state index contributed by atoms with van der Waals surface area (Å²) in [5.41, 5.74) is 1.86. The maximum Gasteiger partial charge on any atom is 0.191 e. The smallest absolute Gasteiger partial charge is 0.191 e. The van der Waals surface area contributed by atoms with Gasteiger partial charge in [-0.2, -0.15) is 4.52 Å². The van der Waals surface area contributed by atoms with Crippen molar-refractivity contribution in [3.8, 4) is 0 Å². The van der Waals surface area contributed by atoms with Gasteiger partial charge in [0.25, 0.3) is 0 Å². The maximum absolute atomic E-state index is 5.39. The highest BCUT2D eigenvalue weighted by Gasteiger charge is 2.14. The first-order valence-electron chi connectivity index (χ1n) is 7.86. The lowest BCUT2D eigenvalue weighted by Crippen LogP contribution is -2.37. The quantitative estimate of drug-likeness (QED) is 0.539. The van der Waals surface area contributed by atoms with Crippen molar-refractivity contribution in [2.24, 2.45) is 0 Å². The van der Waals surface area contributed by atoms with Gasteiger partial charge in [-0.1, -0.05) is 23.9 Å². The minimum Gasteiger partial charge on any atom is -0.379 e. The molecule has 6 nitrogen and oxygen atoms in total. The number of fused-ring (bicyclic) bond motifs is 3. The van der Waals surface area contributed by atoms with Crippen LogP contribution >= 0.6 is 11.8 Å². The van der Waals surface area contributed by atoms with Gasteiger partial charge in [0.05, 0.1) is 18.7 Å². The van der Waals surface area contributed by atoms with Gasteiger partial charge in [0.1, 0.15) is 5.82 Å². The molecule has 1 saturated heterocycles. The average Bonchev–Trinajstić information content (AvgIpc) is 2.98. The normalized spacial score (nSPS) is 16.4. The van der Waals surface area contributed by atoms with Crippen molar-refractivity contribution in [2.75, 3.05) is 38.6 Å². The highest BCUT2D eigenvalue weighted by Crippen LogP contribution is 2.23. The second-order valence-corrected chi connectivity index (χ2v) is 6.67. The lowest BCUT2D eigenvalue weighted by atomic mass is 10.2. The summed E-state index contributed by atoms with van der Waals surface area (Å²) in [4.78, 5) is 11.8. The number of aryl methyl sites for hydroxylation is 1. The van der Waals surface area contributed by atoms with Gasteiger partial charge in [-0.05, 0) is 19.1 Å². The van der Waals surface area contributed by atoms with Crippen LogP contribution in [0, 0.1) is 6.92 Å². The fraction of sp³-hybridized carbons (Fsp3) is 0.438. The predicted molar refractivity (Wildman–Crippen MR) is 91.0 cm³/mol. The number of hydrogen-bond acceptors (Lipinski definition) is 6. The Bertz CT molecular complexity index is 828. The Hall–Kier alpha value is -1.70. The zero-order chi connectivity index (χ0) is 15.6. The summed E-state index contributed by atoms with van der Waals surface area (Å²) >= 11 is 1.74. The molecule has 0 N–H and O–H groups in total. The number of ether oxygens (including phenoxy) is 1. The number of rotatable bonds is 4. The van der Waals surface area contributed by atoms with E-state index in [-0.39, 0.29) is 0 Å². The molecule has 0 aliphatic carbocycles. The summed E-state index contributed by atoms with van der Waals surface area (Å²) in [6.45, 7) is 6.67. The first-order chi connectivity index (χ1) is 11.3. The molecule has 0 spiro atoms. The van der Waals surface area contributed by atoms with Gasteiger partial charge in [0.15, 0.2) is 10.8 Å². The fourth-order valence-electron chi connectivity index (χ4n) is 2.82. The van der Waals surface area contributed by atoms with E-state index in [9.17, 15) is 0 Å². The third kappa shape index (κ3) is 3.04. The van der Waals surface area contributed by atoms with Gasteiger partial charge in [-0.25, -0.2) is 9.97 Å². The van der Waals surface area contributed by atoms with Gasteiger partial charge >= 0.3 is 0 Å². The summed E-state index contributed by atoms with van der Waals surface area (Å²) in [6.07, 6.45) is 0. The molecule has 0 atom stereocenters. The largest absolute Gasteiger partial charge is 0.379 e. The highest BCUT2D eigenvalue weighted by molar-refractivity contribution is 7.99. The number of thioether (sulfide) groups is 1. The van der Waals surface area contributed by atoms with Crippen LogP contribution in [-0.2, 0) is 4.74 Å². The Morgan fingerprint density at radius 3 is 2.87 bits per heavy atom. The third-order valence-electron chi connectivity index (χ3n) is 4.00. The summed E-state index contributed by atoms with van der Waals surface area (Å²) in [5, 5.41) is 6.47. The van der Waals surface area contributed by atoms with E-state index in [1.165, 1.54) is 0 Å². The number of aromatic nitrogens is 4. The third-order valence-corrected chi connectivity index (χ3v) is 4.91. The van der Waals surface area contributed by atoms with E-state index in [0.29, 0.717) is 0 Å². The molecule has 1 fully saturated rings. The Kier molecular flexibility index (Phi) is 4.15. The van der Waals surface area contributed by atoms with Gasteiger partial charge in [-0.15, -0.1) is 5.10 Å². The van der Waals surface area contributed by atoms with E-state index in [1.807, 2.05) is 35.7 Å². The number of nitrogens with zero attached hydrogens (tertiary/aromatic N) is 5. The molecule has 0 radical (unpaired) electrons. The Balaban J connectivity index is 1.60. The molecular formula is C16H19N5OS. The molecule has 7 heteroatoms. The number of para-hydroxylation sites is 1. The van der Waals surface area contributed by atoms with Crippen molar-refractivity contribution >= 4 is 28.3 Å². The molecule has 1 aliphatic heterocycles. The van der Waals surface area contributed by atoms with E-state index in [4.69, 9.17) is 9.72 Å². The van der Waals surface area contributed by atoms with E-state index < -0.39 is 0 Å². The van der Waals surface area contributed by atoms with Crippen LogP contribution in [0.25, 0.3) is 16.6 Å². The molecule has 0 bridgehead atoms. The van der Waals surface area contributed by atoms with E-state index in [1.54, 1.807) is 11.8 Å². The SMILES string of the molecule is Cc1nc2c3ccccc3nc(SCCN3CCOCC3)n2n1. The van der Waals surface area contributed by atoms with Gasteiger partial charge in [0.2, 0.25) is 0 Å². The first kappa shape index (κ1) is 14.9. The van der Waals surface area contributed by atoms with E-state index in [2.05, 4.69) is 15.0 Å². The molecule has 3 heterocycles. The molecule has 0 unspecified atom stereocenters. The lowest BCUT2D eigenvalue weighted by molar-refractivity contribution is 0.0410. The molecule has 1 aliphatic rings. The Morgan fingerprint density at radius 2 is 2.00 bits per heavy atom. The van der Waals surface area contributed by atoms with Crippen LogP contribution in [0.15, 0.2) is 29.4 Å². The van der Waals surface area contributed by atoms with Gasteiger partial charge < -0.3 is 4.74 Å². The van der Waals surface area contributed by atoms with Crippen molar-refractivity contribution in [1.29, 1.82) is 0 Å². The monoisotopic (exact) mass is 329 g/mol. The van der Waals surface area contributed by atoms with Crippen LogP contribution in [0.4, 0.5) is 0 Å². The number of hydrogen-bond donors (Lipinski definition) is 0. The van der Waals surface area contributed by atoms with Crippen molar-refractivity contribution in [3.05, 3.63) is 30.1 Å².